The molecule has 2 saturated heterocycles. The van der Waals surface area contributed by atoms with E-state index in [9.17, 15) is 9.59 Å². The highest BCUT2D eigenvalue weighted by Crippen LogP contribution is 2.33. The van der Waals surface area contributed by atoms with Crippen molar-refractivity contribution >= 4 is 24.4 Å². The van der Waals surface area contributed by atoms with Gasteiger partial charge in [-0.15, -0.1) is 12.4 Å². The first-order chi connectivity index (χ1) is 6.55. The molecule has 0 radical (unpaired) electrons. The van der Waals surface area contributed by atoms with E-state index in [0.717, 1.165) is 18.0 Å². The molecule has 86 valence electrons. The first kappa shape index (κ1) is 12.3. The van der Waals surface area contributed by atoms with Crippen molar-refractivity contribution in [3.05, 3.63) is 0 Å². The molecule has 2 rings (SSSR count). The smallest absolute Gasteiger partial charge is 0.417 e. The molecule has 0 aromatic heterocycles. The van der Waals surface area contributed by atoms with Crippen LogP contribution < -0.4 is 0 Å². The number of carbonyl (C=O) groups excluding carboxylic acids is 2. The Morgan fingerprint density at radius 3 is 2.13 bits per heavy atom. The normalized spacial score (nSPS) is 25.3. The molecule has 0 unspecified atom stereocenters. The summed E-state index contributed by atoms with van der Waals surface area (Å²) in [7, 11) is 3.47. The molecule has 0 aliphatic carbocycles. The van der Waals surface area contributed by atoms with E-state index < -0.39 is 11.7 Å². The number of imide groups is 1. The zero-order valence-corrected chi connectivity index (χ0v) is 9.67. The number of hydrogen-bond donors (Lipinski definition) is 0. The minimum absolute atomic E-state index is 0. The van der Waals surface area contributed by atoms with Crippen LogP contribution >= 0.6 is 12.4 Å². The van der Waals surface area contributed by atoms with Gasteiger partial charge in [-0.25, -0.2) is 9.69 Å². The van der Waals surface area contributed by atoms with Crippen LogP contribution in [0.25, 0.3) is 0 Å². The molecule has 0 aromatic carbocycles. The van der Waals surface area contributed by atoms with Gasteiger partial charge < -0.3 is 9.64 Å². The minimum atomic E-state index is -0.849. The predicted molar refractivity (Wildman–Crippen MR) is 56.0 cm³/mol. The van der Waals surface area contributed by atoms with Crippen molar-refractivity contribution in [1.29, 1.82) is 0 Å². The highest BCUT2D eigenvalue weighted by Gasteiger charge is 2.53. The lowest BCUT2D eigenvalue weighted by Crippen LogP contribution is -2.48. The molecule has 0 N–H and O–H groups in total. The summed E-state index contributed by atoms with van der Waals surface area (Å²) in [4.78, 5) is 26.2. The van der Waals surface area contributed by atoms with Gasteiger partial charge in [0.25, 0.3) is 5.91 Å². The monoisotopic (exact) mass is 234 g/mol. The van der Waals surface area contributed by atoms with Gasteiger partial charge in [0.05, 0.1) is 0 Å². The number of piperidine rings is 1. The number of halogens is 1. The molecule has 0 bridgehead atoms. The van der Waals surface area contributed by atoms with Crippen molar-refractivity contribution in [2.24, 2.45) is 0 Å². The van der Waals surface area contributed by atoms with Gasteiger partial charge in [-0.1, -0.05) is 0 Å². The van der Waals surface area contributed by atoms with Gasteiger partial charge in [0, 0.05) is 33.0 Å². The molecule has 0 atom stereocenters. The van der Waals surface area contributed by atoms with Crippen LogP contribution in [-0.4, -0.2) is 54.6 Å². The molecule has 0 saturated carbocycles. The molecule has 15 heavy (non-hydrogen) atoms. The second-order valence-electron chi connectivity index (χ2n) is 4.03. The molecule has 0 aromatic rings. The van der Waals surface area contributed by atoms with E-state index in [1.807, 2.05) is 7.05 Å². The molecule has 6 heteroatoms. The average molecular weight is 235 g/mol. The number of rotatable bonds is 0. The first-order valence-corrected chi connectivity index (χ1v) is 4.75. The molecule has 2 fully saturated rings. The SMILES string of the molecule is CN1CCC2(CC1)OC(=O)N(C)C2=O.Cl. The van der Waals surface area contributed by atoms with Crippen LogP contribution in [0.1, 0.15) is 12.8 Å². The molecule has 2 heterocycles. The van der Waals surface area contributed by atoms with Crippen LogP contribution in [0.5, 0.6) is 0 Å². The number of likely N-dealkylation sites (tertiary alicyclic amines) is 1. The topological polar surface area (TPSA) is 49.9 Å². The van der Waals surface area contributed by atoms with Gasteiger partial charge in [-0.3, -0.25) is 4.79 Å². The highest BCUT2D eigenvalue weighted by molar-refractivity contribution is 6.02. The third kappa shape index (κ3) is 1.81. The number of ether oxygens (including phenoxy) is 1. The quantitative estimate of drug-likeness (QED) is 0.612. The van der Waals surface area contributed by atoms with E-state index in [0.29, 0.717) is 12.8 Å². The Morgan fingerprint density at radius 2 is 1.73 bits per heavy atom. The minimum Gasteiger partial charge on any atom is -0.432 e. The third-order valence-corrected chi connectivity index (χ3v) is 3.05. The second kappa shape index (κ2) is 3.98. The lowest BCUT2D eigenvalue weighted by Gasteiger charge is -2.33. The number of carbonyl (C=O) groups is 2. The standard InChI is InChI=1S/C9H14N2O3.ClH/c1-10-5-3-9(4-6-10)7(12)11(2)8(13)14-9;/h3-6H2,1-2H3;1H. The van der Waals surface area contributed by atoms with Crippen molar-refractivity contribution in [2.75, 3.05) is 27.2 Å². The second-order valence-corrected chi connectivity index (χ2v) is 4.03. The van der Waals surface area contributed by atoms with Crippen LogP contribution in [0.15, 0.2) is 0 Å². The Kier molecular flexibility index (Phi) is 3.25. The summed E-state index contributed by atoms with van der Waals surface area (Å²) in [5.74, 6) is -0.185. The van der Waals surface area contributed by atoms with Crippen molar-refractivity contribution in [3.8, 4) is 0 Å². The fourth-order valence-corrected chi connectivity index (χ4v) is 1.96. The summed E-state index contributed by atoms with van der Waals surface area (Å²) in [6.45, 7) is 1.60. The van der Waals surface area contributed by atoms with Gasteiger partial charge in [-0.05, 0) is 7.05 Å². The van der Waals surface area contributed by atoms with Crippen LogP contribution in [0, 0.1) is 0 Å². The molecular weight excluding hydrogens is 220 g/mol. The molecule has 1 spiro atoms. The molecular formula is C9H15ClN2O3. The van der Waals surface area contributed by atoms with Crippen molar-refractivity contribution in [1.82, 2.24) is 9.80 Å². The maximum atomic E-state index is 11.8. The average Bonchev–Trinajstić information content (AvgIpc) is 2.37. The summed E-state index contributed by atoms with van der Waals surface area (Å²) in [5, 5.41) is 0. The van der Waals surface area contributed by atoms with Crippen LogP contribution in [0.3, 0.4) is 0 Å². The van der Waals surface area contributed by atoms with E-state index in [1.165, 1.54) is 7.05 Å². The Labute approximate surface area is 94.8 Å². The Hall–Kier alpha value is -0.810. The zero-order valence-electron chi connectivity index (χ0n) is 8.86. The lowest BCUT2D eigenvalue weighted by molar-refractivity contribution is -0.139. The van der Waals surface area contributed by atoms with Gasteiger partial charge in [-0.2, -0.15) is 0 Å². The van der Waals surface area contributed by atoms with Crippen molar-refractivity contribution in [2.45, 2.75) is 18.4 Å². The highest BCUT2D eigenvalue weighted by atomic mass is 35.5. The summed E-state index contributed by atoms with van der Waals surface area (Å²) in [6.07, 6.45) is 0.705. The molecule has 2 aliphatic rings. The zero-order chi connectivity index (χ0) is 10.3. The van der Waals surface area contributed by atoms with Crippen molar-refractivity contribution in [3.63, 3.8) is 0 Å². The van der Waals surface area contributed by atoms with E-state index in [1.54, 1.807) is 0 Å². The largest absolute Gasteiger partial charge is 0.432 e. The Balaban J connectivity index is 0.00000112. The Bertz CT molecular complexity index is 287. The number of hydrogen-bond acceptors (Lipinski definition) is 4. The fraction of sp³-hybridized carbons (Fsp3) is 0.778. The number of likely N-dealkylation sites (N-methyl/N-ethyl adjacent to an activating group) is 1. The van der Waals surface area contributed by atoms with Crippen LogP contribution in [0.2, 0.25) is 0 Å². The van der Waals surface area contributed by atoms with Gasteiger partial charge in [0.2, 0.25) is 0 Å². The lowest BCUT2D eigenvalue weighted by atomic mass is 9.91. The van der Waals surface area contributed by atoms with E-state index in [-0.39, 0.29) is 18.3 Å². The molecule has 5 nitrogen and oxygen atoms in total. The summed E-state index contributed by atoms with van der Waals surface area (Å²) < 4.78 is 5.17. The number of amides is 2. The van der Waals surface area contributed by atoms with Crippen molar-refractivity contribution < 1.29 is 14.3 Å². The van der Waals surface area contributed by atoms with Gasteiger partial charge >= 0.3 is 6.09 Å². The molecule has 2 amide bonds. The van der Waals surface area contributed by atoms with Gasteiger partial charge in [0.15, 0.2) is 5.60 Å². The number of nitrogens with zero attached hydrogens (tertiary/aromatic N) is 2. The summed E-state index contributed by atoms with van der Waals surface area (Å²) >= 11 is 0. The first-order valence-electron chi connectivity index (χ1n) is 4.75. The van der Waals surface area contributed by atoms with Crippen LogP contribution in [-0.2, 0) is 9.53 Å². The maximum Gasteiger partial charge on any atom is 0.417 e. The molecule has 2 aliphatic heterocycles. The van der Waals surface area contributed by atoms with Gasteiger partial charge in [0.1, 0.15) is 0 Å². The third-order valence-electron chi connectivity index (χ3n) is 3.05. The maximum absolute atomic E-state index is 11.8. The summed E-state index contributed by atoms with van der Waals surface area (Å²) in [5.41, 5.74) is -0.849. The van der Waals surface area contributed by atoms with E-state index in [4.69, 9.17) is 4.74 Å². The Morgan fingerprint density at radius 1 is 1.20 bits per heavy atom. The fourth-order valence-electron chi connectivity index (χ4n) is 1.96. The predicted octanol–water partition coefficient (Wildman–Crippen LogP) is 0.481. The van der Waals surface area contributed by atoms with E-state index >= 15 is 0 Å². The summed E-state index contributed by atoms with van der Waals surface area (Å²) in [6, 6.07) is 0. The van der Waals surface area contributed by atoms with E-state index in [2.05, 4.69) is 4.90 Å². The van der Waals surface area contributed by atoms with Crippen LogP contribution in [0.4, 0.5) is 4.79 Å².